The van der Waals surface area contributed by atoms with Gasteiger partial charge in [0.1, 0.15) is 5.01 Å². The molecule has 1 rings (SSSR count). The highest BCUT2D eigenvalue weighted by Gasteiger charge is 1.96. The van der Waals surface area contributed by atoms with Gasteiger partial charge in [-0.1, -0.05) is 0 Å². The number of nitrogens with zero attached hydrogens (tertiary/aromatic N) is 1. The fraction of sp³-hybridized carbons (Fsp3) is 0.667. The normalized spacial score (nSPS) is 10.7. The average molecular weight is 235 g/mol. The minimum atomic E-state index is 0.561. The highest BCUT2D eigenvalue weighted by molar-refractivity contribution is 7.09. The second kappa shape index (κ2) is 7.17. The van der Waals surface area contributed by atoms with Crippen LogP contribution in [0.5, 0.6) is 0 Å². The van der Waals surface area contributed by atoms with Crippen LogP contribution in [0.15, 0.2) is 5.38 Å². The van der Waals surface area contributed by atoms with Crippen LogP contribution >= 0.6 is 22.9 Å². The lowest BCUT2D eigenvalue weighted by Crippen LogP contribution is -2.19. The van der Waals surface area contributed by atoms with E-state index in [1.54, 1.807) is 11.3 Å². The Bertz CT molecular complexity index is 255. The molecule has 0 spiro atoms. The molecule has 0 fully saturated rings. The Morgan fingerprint density at radius 1 is 1.57 bits per heavy atom. The molecule has 0 aliphatic carbocycles. The van der Waals surface area contributed by atoms with E-state index in [0.29, 0.717) is 19.1 Å². The molecule has 0 radical (unpaired) electrons. The number of alkyl halides is 1. The molecule has 0 amide bonds. The molecule has 14 heavy (non-hydrogen) atoms. The molecular weight excluding hydrogens is 220 g/mol. The van der Waals surface area contributed by atoms with Crippen molar-refractivity contribution < 1.29 is 4.74 Å². The quantitative estimate of drug-likeness (QED) is 0.577. The van der Waals surface area contributed by atoms with E-state index in [9.17, 15) is 0 Å². The third kappa shape index (κ3) is 4.91. The first-order chi connectivity index (χ1) is 6.83. The predicted molar refractivity (Wildman–Crippen MR) is 60.1 cm³/mol. The molecule has 0 saturated carbocycles. The SMILES string of the molecule is Cc1csc(CNCCOCCCl)n1. The van der Waals surface area contributed by atoms with E-state index in [-0.39, 0.29) is 0 Å². The van der Waals surface area contributed by atoms with Gasteiger partial charge < -0.3 is 10.1 Å². The second-order valence-electron chi connectivity index (χ2n) is 2.86. The fourth-order valence-corrected chi connectivity index (χ4v) is 1.83. The van der Waals surface area contributed by atoms with Gasteiger partial charge in [0.25, 0.3) is 0 Å². The molecule has 0 unspecified atom stereocenters. The van der Waals surface area contributed by atoms with Gasteiger partial charge in [-0.2, -0.15) is 0 Å². The summed E-state index contributed by atoms with van der Waals surface area (Å²) in [5, 5.41) is 6.44. The number of aryl methyl sites for hydroxylation is 1. The standard InChI is InChI=1S/C9H15ClN2OS/c1-8-7-14-9(12-8)6-11-3-5-13-4-2-10/h7,11H,2-6H2,1H3. The van der Waals surface area contributed by atoms with E-state index in [4.69, 9.17) is 16.3 Å². The van der Waals surface area contributed by atoms with Crippen molar-refractivity contribution in [3.63, 3.8) is 0 Å². The lowest BCUT2D eigenvalue weighted by Gasteiger charge is -2.02. The van der Waals surface area contributed by atoms with Crippen LogP contribution < -0.4 is 5.32 Å². The molecule has 0 saturated heterocycles. The van der Waals surface area contributed by atoms with Crippen LogP contribution in [0.2, 0.25) is 0 Å². The van der Waals surface area contributed by atoms with Crippen LogP contribution in [-0.2, 0) is 11.3 Å². The van der Waals surface area contributed by atoms with E-state index in [2.05, 4.69) is 15.7 Å². The van der Waals surface area contributed by atoms with E-state index >= 15 is 0 Å². The Morgan fingerprint density at radius 3 is 3.07 bits per heavy atom. The second-order valence-corrected chi connectivity index (χ2v) is 4.18. The Labute approximate surface area is 93.4 Å². The van der Waals surface area contributed by atoms with Crippen molar-refractivity contribution >= 4 is 22.9 Å². The smallest absolute Gasteiger partial charge is 0.107 e. The Morgan fingerprint density at radius 2 is 2.43 bits per heavy atom. The molecule has 5 heteroatoms. The van der Waals surface area contributed by atoms with Gasteiger partial charge in [-0.15, -0.1) is 22.9 Å². The first kappa shape index (κ1) is 11.9. The zero-order chi connectivity index (χ0) is 10.2. The monoisotopic (exact) mass is 234 g/mol. The van der Waals surface area contributed by atoms with Gasteiger partial charge in [0.2, 0.25) is 0 Å². The average Bonchev–Trinajstić information content (AvgIpc) is 2.58. The van der Waals surface area contributed by atoms with Crippen molar-refractivity contribution in [2.24, 2.45) is 0 Å². The number of nitrogens with one attached hydrogen (secondary N) is 1. The zero-order valence-corrected chi connectivity index (χ0v) is 9.83. The molecule has 80 valence electrons. The molecule has 0 bridgehead atoms. The predicted octanol–water partition coefficient (Wildman–Crippen LogP) is 1.80. The van der Waals surface area contributed by atoms with Crippen LogP contribution in [0, 0.1) is 6.92 Å². The highest BCUT2D eigenvalue weighted by atomic mass is 35.5. The first-order valence-corrected chi connectivity index (χ1v) is 6.00. The molecule has 0 atom stereocenters. The molecule has 0 aliphatic heterocycles. The van der Waals surface area contributed by atoms with Gasteiger partial charge in [0.05, 0.1) is 13.2 Å². The minimum absolute atomic E-state index is 0.561. The van der Waals surface area contributed by atoms with Gasteiger partial charge in [-0.05, 0) is 6.92 Å². The molecule has 0 aliphatic rings. The Kier molecular flexibility index (Phi) is 6.10. The van der Waals surface area contributed by atoms with E-state index in [1.807, 2.05) is 6.92 Å². The lowest BCUT2D eigenvalue weighted by atomic mass is 10.5. The molecule has 0 aromatic carbocycles. The molecule has 1 N–H and O–H groups in total. The lowest BCUT2D eigenvalue weighted by molar-refractivity contribution is 0.151. The maximum Gasteiger partial charge on any atom is 0.107 e. The van der Waals surface area contributed by atoms with E-state index in [0.717, 1.165) is 23.8 Å². The number of thiazole rings is 1. The van der Waals surface area contributed by atoms with Crippen molar-refractivity contribution in [3.05, 3.63) is 16.1 Å². The van der Waals surface area contributed by atoms with Crippen molar-refractivity contribution in [1.29, 1.82) is 0 Å². The topological polar surface area (TPSA) is 34.1 Å². The van der Waals surface area contributed by atoms with Crippen molar-refractivity contribution in [2.45, 2.75) is 13.5 Å². The number of aromatic nitrogens is 1. The maximum atomic E-state index is 5.46. The summed E-state index contributed by atoms with van der Waals surface area (Å²) in [6.45, 7) is 5.00. The third-order valence-corrected chi connectivity index (χ3v) is 2.71. The van der Waals surface area contributed by atoms with Crippen molar-refractivity contribution in [3.8, 4) is 0 Å². The van der Waals surface area contributed by atoms with Crippen LogP contribution in [0.25, 0.3) is 0 Å². The van der Waals surface area contributed by atoms with Crippen LogP contribution in [0.4, 0.5) is 0 Å². The van der Waals surface area contributed by atoms with Gasteiger partial charge in [-0.3, -0.25) is 0 Å². The summed E-state index contributed by atoms with van der Waals surface area (Å²) >= 11 is 7.14. The van der Waals surface area contributed by atoms with Gasteiger partial charge >= 0.3 is 0 Å². The third-order valence-electron chi connectivity index (χ3n) is 1.59. The molecular formula is C9H15ClN2OS. The summed E-state index contributed by atoms with van der Waals surface area (Å²) in [4.78, 5) is 4.34. The van der Waals surface area contributed by atoms with Gasteiger partial charge in [-0.25, -0.2) is 4.98 Å². The number of rotatable bonds is 7. The summed E-state index contributed by atoms with van der Waals surface area (Å²) in [6, 6.07) is 0. The summed E-state index contributed by atoms with van der Waals surface area (Å²) in [5.74, 6) is 0.561. The number of hydrogen-bond acceptors (Lipinski definition) is 4. The molecule has 3 nitrogen and oxygen atoms in total. The number of halogens is 1. The van der Waals surface area contributed by atoms with Gasteiger partial charge in [0, 0.05) is 30.0 Å². The van der Waals surface area contributed by atoms with Crippen LogP contribution in [0.1, 0.15) is 10.7 Å². The minimum Gasteiger partial charge on any atom is -0.379 e. The Balaban J connectivity index is 1.99. The summed E-state index contributed by atoms with van der Waals surface area (Å²) in [7, 11) is 0. The summed E-state index contributed by atoms with van der Waals surface area (Å²) < 4.78 is 5.21. The van der Waals surface area contributed by atoms with E-state index < -0.39 is 0 Å². The highest BCUT2D eigenvalue weighted by Crippen LogP contribution is 2.07. The summed E-state index contributed by atoms with van der Waals surface area (Å²) in [6.07, 6.45) is 0. The number of hydrogen-bond donors (Lipinski definition) is 1. The number of ether oxygens (including phenoxy) is 1. The van der Waals surface area contributed by atoms with Crippen LogP contribution in [0.3, 0.4) is 0 Å². The van der Waals surface area contributed by atoms with Crippen molar-refractivity contribution in [2.75, 3.05) is 25.6 Å². The van der Waals surface area contributed by atoms with Crippen LogP contribution in [-0.4, -0.2) is 30.6 Å². The molecule has 1 heterocycles. The zero-order valence-electron chi connectivity index (χ0n) is 8.25. The first-order valence-electron chi connectivity index (χ1n) is 4.58. The summed E-state index contributed by atoms with van der Waals surface area (Å²) in [5.41, 5.74) is 1.09. The fourth-order valence-electron chi connectivity index (χ4n) is 0.980. The Hall–Kier alpha value is -0.160. The van der Waals surface area contributed by atoms with Crippen molar-refractivity contribution in [1.82, 2.24) is 10.3 Å². The van der Waals surface area contributed by atoms with Gasteiger partial charge in [0.15, 0.2) is 0 Å². The largest absolute Gasteiger partial charge is 0.379 e. The maximum absolute atomic E-state index is 5.46. The molecule has 1 aromatic heterocycles. The van der Waals surface area contributed by atoms with E-state index in [1.165, 1.54) is 0 Å². The molecule has 1 aromatic rings.